The van der Waals surface area contributed by atoms with Crippen LogP contribution in [0, 0.1) is 5.92 Å². The first-order valence-electron chi connectivity index (χ1n) is 8.16. The van der Waals surface area contributed by atoms with Crippen molar-refractivity contribution in [2.75, 3.05) is 0 Å². The monoisotopic (exact) mass is 308 g/mol. The molecule has 4 heteroatoms. The summed E-state index contributed by atoms with van der Waals surface area (Å²) in [6.07, 6.45) is 4.81. The highest BCUT2D eigenvalue weighted by Gasteiger charge is 2.42. The predicted octanol–water partition coefficient (Wildman–Crippen LogP) is 4.17. The molecule has 2 heterocycles. The zero-order chi connectivity index (χ0) is 15.4. The normalized spacial score (nSPS) is 24.0. The second kappa shape index (κ2) is 7.41. The first-order valence-corrected chi connectivity index (χ1v) is 9.10. The molecule has 1 aliphatic rings. The smallest absolute Gasteiger partial charge is 0.241 e. The summed E-state index contributed by atoms with van der Waals surface area (Å²) in [4.78, 5) is 14.9. The van der Waals surface area contributed by atoms with Gasteiger partial charge in [0.2, 0.25) is 5.91 Å². The summed E-state index contributed by atoms with van der Waals surface area (Å²) in [6, 6.07) is 2.37. The molecule has 1 aromatic rings. The molecule has 1 aromatic heterocycles. The number of hydrogen-bond donors (Lipinski definition) is 1. The van der Waals surface area contributed by atoms with Gasteiger partial charge in [-0.05, 0) is 41.7 Å². The van der Waals surface area contributed by atoms with Crippen molar-refractivity contribution in [1.29, 1.82) is 0 Å². The number of carbonyl (C=O) groups excluding carboxylic acids is 1. The first-order chi connectivity index (χ1) is 10.1. The maximum absolute atomic E-state index is 12.8. The number of unbranched alkanes of at least 4 members (excludes halogenated alkanes) is 2. The number of rotatable bonds is 7. The van der Waals surface area contributed by atoms with Gasteiger partial charge in [-0.15, -0.1) is 0 Å². The maximum atomic E-state index is 12.8. The Hall–Kier alpha value is -0.870. The standard InChI is InChI=1S/C17H28N2OS/c1-5-6-7-8-13(4)19-16(14-9-10-21-11-14)18-15(12(2)3)17(19)20/h9-13,15-16,18H,5-8H2,1-4H3. The first kappa shape index (κ1) is 16.5. The second-order valence-corrected chi connectivity index (χ2v) is 7.22. The van der Waals surface area contributed by atoms with Gasteiger partial charge in [-0.3, -0.25) is 10.1 Å². The molecule has 3 unspecified atom stereocenters. The third-order valence-electron chi connectivity index (χ3n) is 4.36. The van der Waals surface area contributed by atoms with Crippen molar-refractivity contribution >= 4 is 17.2 Å². The van der Waals surface area contributed by atoms with E-state index in [2.05, 4.69) is 54.7 Å². The van der Waals surface area contributed by atoms with Crippen molar-refractivity contribution in [2.24, 2.45) is 5.92 Å². The van der Waals surface area contributed by atoms with Crippen LogP contribution in [0.15, 0.2) is 16.8 Å². The van der Waals surface area contributed by atoms with Crippen LogP contribution >= 0.6 is 11.3 Å². The Morgan fingerprint density at radius 1 is 1.33 bits per heavy atom. The Morgan fingerprint density at radius 2 is 2.10 bits per heavy atom. The molecule has 1 saturated heterocycles. The fraction of sp³-hybridized carbons (Fsp3) is 0.706. The lowest BCUT2D eigenvalue weighted by Gasteiger charge is -2.30. The minimum Gasteiger partial charge on any atom is -0.319 e. The van der Waals surface area contributed by atoms with Gasteiger partial charge in [-0.2, -0.15) is 11.3 Å². The molecule has 118 valence electrons. The van der Waals surface area contributed by atoms with Crippen LogP contribution in [-0.2, 0) is 4.79 Å². The van der Waals surface area contributed by atoms with Crippen LogP contribution in [0.2, 0.25) is 0 Å². The van der Waals surface area contributed by atoms with Gasteiger partial charge < -0.3 is 4.90 Å². The summed E-state index contributed by atoms with van der Waals surface area (Å²) in [5, 5.41) is 7.79. The lowest BCUT2D eigenvalue weighted by atomic mass is 10.0. The number of carbonyl (C=O) groups is 1. The molecular weight excluding hydrogens is 280 g/mol. The molecule has 0 bridgehead atoms. The second-order valence-electron chi connectivity index (χ2n) is 6.44. The molecule has 1 fully saturated rings. The van der Waals surface area contributed by atoms with Gasteiger partial charge in [-0.25, -0.2) is 0 Å². The Labute approximate surface area is 132 Å². The van der Waals surface area contributed by atoms with Gasteiger partial charge in [0.1, 0.15) is 6.17 Å². The quantitative estimate of drug-likeness (QED) is 0.767. The lowest BCUT2D eigenvalue weighted by molar-refractivity contribution is -0.132. The molecule has 1 aliphatic heterocycles. The van der Waals surface area contributed by atoms with E-state index in [1.54, 1.807) is 11.3 Å². The van der Waals surface area contributed by atoms with Crippen molar-refractivity contribution in [3.63, 3.8) is 0 Å². The van der Waals surface area contributed by atoms with Gasteiger partial charge in [0.15, 0.2) is 0 Å². The zero-order valence-electron chi connectivity index (χ0n) is 13.6. The zero-order valence-corrected chi connectivity index (χ0v) is 14.5. The van der Waals surface area contributed by atoms with Crippen LogP contribution in [0.1, 0.15) is 65.1 Å². The number of nitrogens with one attached hydrogen (secondary N) is 1. The van der Waals surface area contributed by atoms with Crippen molar-refractivity contribution in [2.45, 2.75) is 71.6 Å². The predicted molar refractivity (Wildman–Crippen MR) is 89.3 cm³/mol. The van der Waals surface area contributed by atoms with Crippen molar-refractivity contribution in [3.8, 4) is 0 Å². The fourth-order valence-corrected chi connectivity index (χ4v) is 3.75. The Bertz CT molecular complexity index is 444. The van der Waals surface area contributed by atoms with Gasteiger partial charge in [0, 0.05) is 6.04 Å². The average Bonchev–Trinajstić information content (AvgIpc) is 3.05. The molecule has 0 radical (unpaired) electrons. The highest BCUT2D eigenvalue weighted by atomic mass is 32.1. The van der Waals surface area contributed by atoms with Crippen LogP contribution in [0.25, 0.3) is 0 Å². The highest BCUT2D eigenvalue weighted by Crippen LogP contribution is 2.32. The van der Waals surface area contributed by atoms with Crippen molar-refractivity contribution < 1.29 is 4.79 Å². The minimum atomic E-state index is -0.0523. The number of amides is 1. The van der Waals surface area contributed by atoms with E-state index in [1.807, 2.05) is 0 Å². The van der Waals surface area contributed by atoms with E-state index < -0.39 is 0 Å². The number of thiophene rings is 1. The fourth-order valence-electron chi connectivity index (χ4n) is 3.08. The largest absolute Gasteiger partial charge is 0.319 e. The summed E-state index contributed by atoms with van der Waals surface area (Å²) < 4.78 is 0. The Kier molecular flexibility index (Phi) is 5.82. The van der Waals surface area contributed by atoms with Gasteiger partial charge in [0.05, 0.1) is 6.04 Å². The highest BCUT2D eigenvalue weighted by molar-refractivity contribution is 7.07. The molecule has 1 amide bonds. The number of nitrogens with zero attached hydrogens (tertiary/aromatic N) is 1. The molecule has 0 spiro atoms. The molecule has 3 atom stereocenters. The Balaban J connectivity index is 2.15. The summed E-state index contributed by atoms with van der Waals surface area (Å²) in [6.45, 7) is 8.64. The summed E-state index contributed by atoms with van der Waals surface area (Å²) in [7, 11) is 0. The van der Waals surface area contributed by atoms with E-state index >= 15 is 0 Å². The van der Waals surface area contributed by atoms with E-state index in [9.17, 15) is 4.79 Å². The molecule has 0 aromatic carbocycles. The SMILES string of the molecule is CCCCCC(C)N1C(=O)C(C(C)C)NC1c1ccsc1. The van der Waals surface area contributed by atoms with Crippen LogP contribution in [0.4, 0.5) is 0 Å². The van der Waals surface area contributed by atoms with Crippen LogP contribution in [0.5, 0.6) is 0 Å². The Morgan fingerprint density at radius 3 is 2.67 bits per heavy atom. The average molecular weight is 308 g/mol. The van der Waals surface area contributed by atoms with Gasteiger partial charge in [-0.1, -0.05) is 40.0 Å². The molecule has 2 rings (SSSR count). The third-order valence-corrected chi connectivity index (χ3v) is 5.06. The lowest BCUT2D eigenvalue weighted by Crippen LogP contribution is -2.39. The van der Waals surface area contributed by atoms with Crippen LogP contribution in [-0.4, -0.2) is 22.9 Å². The van der Waals surface area contributed by atoms with Gasteiger partial charge >= 0.3 is 0 Å². The molecule has 3 nitrogen and oxygen atoms in total. The van der Waals surface area contributed by atoms with Gasteiger partial charge in [0.25, 0.3) is 0 Å². The van der Waals surface area contributed by atoms with E-state index in [-0.39, 0.29) is 18.1 Å². The summed E-state index contributed by atoms with van der Waals surface area (Å²) >= 11 is 1.69. The van der Waals surface area contributed by atoms with E-state index in [1.165, 1.54) is 24.8 Å². The molecule has 0 aliphatic carbocycles. The molecule has 0 saturated carbocycles. The minimum absolute atomic E-state index is 0.0489. The van der Waals surface area contributed by atoms with E-state index in [4.69, 9.17) is 0 Å². The summed E-state index contributed by atoms with van der Waals surface area (Å²) in [5.41, 5.74) is 1.22. The third kappa shape index (κ3) is 3.67. The number of hydrogen-bond acceptors (Lipinski definition) is 3. The topological polar surface area (TPSA) is 32.3 Å². The van der Waals surface area contributed by atoms with Crippen LogP contribution in [0.3, 0.4) is 0 Å². The van der Waals surface area contributed by atoms with Crippen LogP contribution < -0.4 is 5.32 Å². The molecular formula is C17H28N2OS. The van der Waals surface area contributed by atoms with E-state index in [0.29, 0.717) is 12.0 Å². The molecule has 21 heavy (non-hydrogen) atoms. The van der Waals surface area contributed by atoms with Crippen molar-refractivity contribution in [1.82, 2.24) is 10.2 Å². The molecule has 1 N–H and O–H groups in total. The maximum Gasteiger partial charge on any atom is 0.241 e. The summed E-state index contributed by atoms with van der Waals surface area (Å²) in [5.74, 6) is 0.594. The van der Waals surface area contributed by atoms with E-state index in [0.717, 1.165) is 6.42 Å². The van der Waals surface area contributed by atoms with Crippen molar-refractivity contribution in [3.05, 3.63) is 22.4 Å².